The molecule has 13 heteroatoms. The first-order chi connectivity index (χ1) is 19.8. The van der Waals surface area contributed by atoms with Crippen LogP contribution in [0.1, 0.15) is 17.7 Å². The standard InChI is InChI=1S/C28H35N5O7S/c1-39-20-7-9-21(10-8-20)41(37,38)33-18-26-23(17-25(33)28(35)30-36)22-5-2-3-6-24(22)32(26)19-27(34)29-11-4-12-31-13-15-40-16-14-31/h2-3,5-10,25,36H,4,11-19H2,1H3,(H,29,34)(H,30,35). The van der Waals surface area contributed by atoms with Crippen molar-refractivity contribution >= 4 is 32.7 Å². The first-order valence-electron chi connectivity index (χ1n) is 13.6. The molecular formula is C28H35N5O7S. The summed E-state index contributed by atoms with van der Waals surface area (Å²) in [6, 6.07) is 12.2. The summed E-state index contributed by atoms with van der Waals surface area (Å²) in [5.41, 5.74) is 3.81. The molecule has 3 heterocycles. The van der Waals surface area contributed by atoms with Crippen molar-refractivity contribution in [2.45, 2.75) is 36.9 Å². The molecule has 0 radical (unpaired) electrons. The van der Waals surface area contributed by atoms with Gasteiger partial charge in [-0.25, -0.2) is 13.9 Å². The number of aromatic nitrogens is 1. The zero-order chi connectivity index (χ0) is 29.0. The normalized spacial score (nSPS) is 18.1. The van der Waals surface area contributed by atoms with Gasteiger partial charge >= 0.3 is 0 Å². The number of rotatable bonds is 10. The van der Waals surface area contributed by atoms with Crippen LogP contribution in [0.25, 0.3) is 10.9 Å². The molecule has 0 aliphatic carbocycles. The Morgan fingerprint density at radius 2 is 1.83 bits per heavy atom. The van der Waals surface area contributed by atoms with E-state index >= 15 is 0 Å². The molecule has 1 atom stereocenters. The minimum Gasteiger partial charge on any atom is -0.497 e. The van der Waals surface area contributed by atoms with E-state index in [1.165, 1.54) is 31.4 Å². The zero-order valence-electron chi connectivity index (χ0n) is 22.9. The van der Waals surface area contributed by atoms with Gasteiger partial charge < -0.3 is 19.4 Å². The van der Waals surface area contributed by atoms with Gasteiger partial charge in [-0.1, -0.05) is 18.2 Å². The van der Waals surface area contributed by atoms with Crippen molar-refractivity contribution in [2.75, 3.05) is 46.5 Å². The highest BCUT2D eigenvalue weighted by atomic mass is 32.2. The molecular weight excluding hydrogens is 550 g/mol. The maximum Gasteiger partial charge on any atom is 0.262 e. The Labute approximate surface area is 238 Å². The summed E-state index contributed by atoms with van der Waals surface area (Å²) in [7, 11) is -2.68. The van der Waals surface area contributed by atoms with Crippen molar-refractivity contribution < 1.29 is 32.7 Å². The smallest absolute Gasteiger partial charge is 0.262 e. The molecule has 41 heavy (non-hydrogen) atoms. The lowest BCUT2D eigenvalue weighted by Gasteiger charge is -2.34. The van der Waals surface area contributed by atoms with Crippen LogP contribution in [0.5, 0.6) is 5.75 Å². The second kappa shape index (κ2) is 12.6. The Balaban J connectivity index is 1.41. The number of ether oxygens (including phenoxy) is 2. The lowest BCUT2D eigenvalue weighted by atomic mass is 9.98. The number of nitrogens with zero attached hydrogens (tertiary/aromatic N) is 3. The molecule has 2 amide bonds. The molecule has 3 N–H and O–H groups in total. The van der Waals surface area contributed by atoms with E-state index in [9.17, 15) is 23.2 Å². The number of hydrogen-bond donors (Lipinski definition) is 3. The third-order valence-electron chi connectivity index (χ3n) is 7.70. The lowest BCUT2D eigenvalue weighted by Crippen LogP contribution is -2.52. The van der Waals surface area contributed by atoms with Crippen molar-refractivity contribution in [3.63, 3.8) is 0 Å². The minimum atomic E-state index is -4.17. The Morgan fingerprint density at radius 1 is 1.10 bits per heavy atom. The first kappa shape index (κ1) is 29.0. The molecule has 220 valence electrons. The van der Waals surface area contributed by atoms with Crippen molar-refractivity contribution in [1.29, 1.82) is 0 Å². The summed E-state index contributed by atoms with van der Waals surface area (Å²) >= 11 is 0. The van der Waals surface area contributed by atoms with Gasteiger partial charge in [-0.15, -0.1) is 0 Å². The van der Waals surface area contributed by atoms with Gasteiger partial charge in [0.2, 0.25) is 15.9 Å². The molecule has 1 unspecified atom stereocenters. The van der Waals surface area contributed by atoms with Gasteiger partial charge in [-0.05, 0) is 48.9 Å². The SMILES string of the molecule is COc1ccc(S(=O)(=O)N2Cc3c(c4ccccc4n3CC(=O)NCCCN3CCOCC3)CC2C(=O)NO)cc1. The number of hydrogen-bond acceptors (Lipinski definition) is 8. The Bertz CT molecular complexity index is 1500. The zero-order valence-corrected chi connectivity index (χ0v) is 23.7. The van der Waals surface area contributed by atoms with Gasteiger partial charge in [-0.2, -0.15) is 4.31 Å². The Morgan fingerprint density at radius 3 is 2.54 bits per heavy atom. The molecule has 2 aliphatic rings. The number of hydroxylamine groups is 1. The monoisotopic (exact) mass is 585 g/mol. The maximum absolute atomic E-state index is 13.8. The van der Waals surface area contributed by atoms with Crippen molar-refractivity contribution in [3.05, 3.63) is 59.8 Å². The largest absolute Gasteiger partial charge is 0.497 e. The van der Waals surface area contributed by atoms with Gasteiger partial charge in [0, 0.05) is 42.7 Å². The van der Waals surface area contributed by atoms with Crippen molar-refractivity contribution in [1.82, 2.24) is 24.6 Å². The molecule has 1 aromatic heterocycles. The third-order valence-corrected chi connectivity index (χ3v) is 9.57. The Kier molecular flexibility index (Phi) is 8.90. The topological polar surface area (TPSA) is 142 Å². The highest BCUT2D eigenvalue weighted by Gasteiger charge is 2.42. The van der Waals surface area contributed by atoms with E-state index in [0.717, 1.165) is 60.0 Å². The first-order valence-corrected chi connectivity index (χ1v) is 15.0. The molecule has 0 bridgehead atoms. The predicted molar refractivity (Wildman–Crippen MR) is 150 cm³/mol. The molecule has 12 nitrogen and oxygen atoms in total. The van der Waals surface area contributed by atoms with Crippen molar-refractivity contribution in [3.8, 4) is 5.75 Å². The molecule has 1 fully saturated rings. The van der Waals surface area contributed by atoms with E-state index in [4.69, 9.17) is 9.47 Å². The summed E-state index contributed by atoms with van der Waals surface area (Å²) in [5.74, 6) is -0.525. The minimum absolute atomic E-state index is 0.000682. The quantitative estimate of drug-likeness (QED) is 0.183. The number of carbonyl (C=O) groups excluding carboxylic acids is 2. The number of carbonyl (C=O) groups is 2. The summed E-state index contributed by atoms with van der Waals surface area (Å²) in [6.45, 7) is 4.48. The van der Waals surface area contributed by atoms with Crippen LogP contribution in [0.2, 0.25) is 0 Å². The molecule has 3 aromatic rings. The maximum atomic E-state index is 13.8. The number of nitrogens with one attached hydrogen (secondary N) is 2. The van der Waals surface area contributed by atoms with Crippen LogP contribution < -0.4 is 15.5 Å². The number of benzene rings is 2. The number of fused-ring (bicyclic) bond motifs is 3. The number of sulfonamides is 1. The average Bonchev–Trinajstić information content (AvgIpc) is 3.31. The van der Waals surface area contributed by atoms with Gasteiger partial charge in [0.25, 0.3) is 5.91 Å². The number of methoxy groups -OCH3 is 1. The van der Waals surface area contributed by atoms with Crippen LogP contribution in [0.15, 0.2) is 53.4 Å². The third kappa shape index (κ3) is 6.09. The summed E-state index contributed by atoms with van der Waals surface area (Å²) < 4.78 is 41.0. The average molecular weight is 586 g/mol. The summed E-state index contributed by atoms with van der Waals surface area (Å²) in [5, 5.41) is 13.3. The fraction of sp³-hybridized carbons (Fsp3) is 0.429. The summed E-state index contributed by atoms with van der Waals surface area (Å²) in [6.07, 6.45) is 0.841. The van der Waals surface area contributed by atoms with Crippen LogP contribution in [0.4, 0.5) is 0 Å². The van der Waals surface area contributed by atoms with E-state index in [2.05, 4.69) is 10.2 Å². The van der Waals surface area contributed by atoms with E-state index in [1.54, 1.807) is 5.48 Å². The molecule has 5 rings (SSSR count). The summed E-state index contributed by atoms with van der Waals surface area (Å²) in [4.78, 5) is 28.1. The van der Waals surface area contributed by atoms with Gasteiger partial charge in [0.1, 0.15) is 18.3 Å². The second-order valence-electron chi connectivity index (χ2n) is 10.1. The molecule has 0 spiro atoms. The molecule has 1 saturated heterocycles. The highest BCUT2D eigenvalue weighted by molar-refractivity contribution is 7.89. The lowest BCUT2D eigenvalue weighted by molar-refractivity contribution is -0.133. The predicted octanol–water partition coefficient (Wildman–Crippen LogP) is 1.11. The molecule has 0 saturated carbocycles. The Hall–Kier alpha value is -3.49. The van der Waals surface area contributed by atoms with Gasteiger partial charge in [0.05, 0.1) is 31.8 Å². The van der Waals surface area contributed by atoms with Crippen LogP contribution in [-0.2, 0) is 43.9 Å². The van der Waals surface area contributed by atoms with E-state index in [-0.39, 0.29) is 30.3 Å². The van der Waals surface area contributed by atoms with Crippen LogP contribution in [-0.4, -0.2) is 91.8 Å². The fourth-order valence-corrected chi connectivity index (χ4v) is 7.11. The number of amides is 2. The van der Waals surface area contributed by atoms with Gasteiger partial charge in [0.15, 0.2) is 0 Å². The fourth-order valence-electron chi connectivity index (χ4n) is 5.56. The van der Waals surface area contributed by atoms with E-state index in [0.29, 0.717) is 18.0 Å². The van der Waals surface area contributed by atoms with Gasteiger partial charge in [-0.3, -0.25) is 19.7 Å². The second-order valence-corrected chi connectivity index (χ2v) is 12.0. The molecule has 2 aromatic carbocycles. The van der Waals surface area contributed by atoms with Crippen LogP contribution >= 0.6 is 0 Å². The van der Waals surface area contributed by atoms with Crippen LogP contribution in [0, 0.1) is 0 Å². The van der Waals surface area contributed by atoms with Crippen LogP contribution in [0.3, 0.4) is 0 Å². The molecule has 2 aliphatic heterocycles. The highest BCUT2D eigenvalue weighted by Crippen LogP contribution is 2.36. The van der Waals surface area contributed by atoms with Crippen molar-refractivity contribution in [2.24, 2.45) is 0 Å². The number of morpholine rings is 1. The van der Waals surface area contributed by atoms with E-state index < -0.39 is 22.0 Å². The van der Waals surface area contributed by atoms with E-state index in [1.807, 2.05) is 28.8 Å². The number of para-hydroxylation sites is 1.